The molecular weight excluding hydrogens is 431 g/mol. The van der Waals surface area contributed by atoms with E-state index in [1.807, 2.05) is 30.3 Å². The fourth-order valence-corrected chi connectivity index (χ4v) is 3.87. The van der Waals surface area contributed by atoms with Crippen LogP contribution < -0.4 is 0 Å². The van der Waals surface area contributed by atoms with E-state index in [9.17, 15) is 18.0 Å². The van der Waals surface area contributed by atoms with Crippen LogP contribution in [0.5, 0.6) is 0 Å². The number of benzene rings is 2. The number of hydrogen-bond acceptors (Lipinski definition) is 4. The Labute approximate surface area is 190 Å². The fourth-order valence-electron chi connectivity index (χ4n) is 3.87. The van der Waals surface area contributed by atoms with Gasteiger partial charge >= 0.3 is 5.97 Å². The van der Waals surface area contributed by atoms with Crippen molar-refractivity contribution in [1.82, 2.24) is 14.7 Å². The minimum atomic E-state index is -1.25. The molecule has 0 aliphatic carbocycles. The summed E-state index contributed by atoms with van der Waals surface area (Å²) in [6, 6.07) is 11.4. The summed E-state index contributed by atoms with van der Waals surface area (Å²) >= 11 is 0. The average molecular weight is 457 g/mol. The van der Waals surface area contributed by atoms with Gasteiger partial charge in [0.05, 0.1) is 16.8 Å². The number of carbonyl (C=O) groups is 1. The highest BCUT2D eigenvalue weighted by atomic mass is 19.2. The van der Waals surface area contributed by atoms with Crippen LogP contribution in [-0.2, 0) is 35.8 Å². The van der Waals surface area contributed by atoms with Gasteiger partial charge in [-0.15, -0.1) is 0 Å². The quantitative estimate of drug-likeness (QED) is 0.396. The minimum Gasteiger partial charge on any atom is -0.442 e. The first-order valence-electron chi connectivity index (χ1n) is 10.8. The molecule has 0 spiro atoms. The monoisotopic (exact) mass is 457 g/mol. The molecule has 5 nitrogen and oxygen atoms in total. The largest absolute Gasteiger partial charge is 0.442 e. The number of ether oxygens (including phenoxy) is 1. The summed E-state index contributed by atoms with van der Waals surface area (Å²) in [6.07, 6.45) is 0.545. The first-order chi connectivity index (χ1) is 15.6. The van der Waals surface area contributed by atoms with Crippen molar-refractivity contribution in [2.75, 3.05) is 6.54 Å². The van der Waals surface area contributed by atoms with Gasteiger partial charge in [0, 0.05) is 36.8 Å². The van der Waals surface area contributed by atoms with E-state index in [-0.39, 0.29) is 18.0 Å². The second kappa shape index (κ2) is 9.02. The van der Waals surface area contributed by atoms with Crippen LogP contribution in [0.3, 0.4) is 0 Å². The Morgan fingerprint density at radius 1 is 1.06 bits per heavy atom. The third-order valence-electron chi connectivity index (χ3n) is 5.66. The van der Waals surface area contributed by atoms with Gasteiger partial charge in [0.2, 0.25) is 0 Å². The minimum absolute atomic E-state index is 0.109. The molecule has 0 amide bonds. The Morgan fingerprint density at radius 2 is 1.76 bits per heavy atom. The number of carbonyl (C=O) groups excluding carboxylic acids is 1. The van der Waals surface area contributed by atoms with Crippen molar-refractivity contribution in [3.05, 3.63) is 76.7 Å². The van der Waals surface area contributed by atoms with Crippen molar-refractivity contribution >= 4 is 5.97 Å². The molecule has 0 fully saturated rings. The van der Waals surface area contributed by atoms with Crippen LogP contribution in [0.4, 0.5) is 13.2 Å². The lowest BCUT2D eigenvalue weighted by Gasteiger charge is -2.28. The Hall–Kier alpha value is -3.13. The molecule has 0 unspecified atom stereocenters. The molecule has 0 atom stereocenters. The number of halogens is 3. The van der Waals surface area contributed by atoms with Gasteiger partial charge < -0.3 is 4.74 Å². The van der Waals surface area contributed by atoms with Gasteiger partial charge in [0.15, 0.2) is 18.4 Å². The molecular formula is C25H26F3N3O2. The number of esters is 1. The Morgan fingerprint density at radius 3 is 2.45 bits per heavy atom. The first kappa shape index (κ1) is 23.0. The van der Waals surface area contributed by atoms with E-state index in [0.717, 1.165) is 22.9 Å². The van der Waals surface area contributed by atoms with E-state index >= 15 is 0 Å². The zero-order valence-corrected chi connectivity index (χ0v) is 18.9. The van der Waals surface area contributed by atoms with E-state index < -0.39 is 28.8 Å². The summed E-state index contributed by atoms with van der Waals surface area (Å²) in [5, 5.41) is 4.47. The van der Waals surface area contributed by atoms with Crippen molar-refractivity contribution in [3.8, 4) is 11.3 Å². The Balaban J connectivity index is 1.69. The molecule has 8 heteroatoms. The predicted molar refractivity (Wildman–Crippen MR) is 117 cm³/mol. The molecule has 0 N–H and O–H groups in total. The Kier molecular flexibility index (Phi) is 6.30. The second-order valence-electron chi connectivity index (χ2n) is 9.28. The molecule has 0 bridgehead atoms. The summed E-state index contributed by atoms with van der Waals surface area (Å²) in [6.45, 7) is 6.99. The van der Waals surface area contributed by atoms with Crippen LogP contribution in [0.15, 0.2) is 42.5 Å². The summed E-state index contributed by atoms with van der Waals surface area (Å²) < 4.78 is 49.0. The van der Waals surface area contributed by atoms with E-state index in [2.05, 4.69) is 10.00 Å². The molecule has 2 heterocycles. The highest BCUT2D eigenvalue weighted by Gasteiger charge is 2.29. The molecule has 174 valence electrons. The zero-order chi connectivity index (χ0) is 23.8. The summed E-state index contributed by atoms with van der Waals surface area (Å²) in [4.78, 5) is 14.5. The third kappa shape index (κ3) is 4.95. The maximum absolute atomic E-state index is 14.6. The molecule has 3 aromatic rings. The molecule has 0 saturated heterocycles. The first-order valence-corrected chi connectivity index (χ1v) is 10.8. The van der Waals surface area contributed by atoms with Gasteiger partial charge in [-0.2, -0.15) is 5.10 Å². The van der Waals surface area contributed by atoms with Gasteiger partial charge in [-0.25, -0.2) is 17.9 Å². The number of nitrogens with zero attached hydrogens (tertiary/aromatic N) is 3. The fraction of sp³-hybridized carbons (Fsp3) is 0.360. The van der Waals surface area contributed by atoms with E-state index in [1.165, 1.54) is 4.68 Å². The third-order valence-corrected chi connectivity index (χ3v) is 5.66. The van der Waals surface area contributed by atoms with Gasteiger partial charge in [-0.1, -0.05) is 30.3 Å². The van der Waals surface area contributed by atoms with Crippen molar-refractivity contribution in [2.45, 2.75) is 47.0 Å². The smallest absolute Gasteiger partial charge is 0.313 e. The van der Waals surface area contributed by atoms with Crippen molar-refractivity contribution in [1.29, 1.82) is 0 Å². The van der Waals surface area contributed by atoms with Gasteiger partial charge in [-0.05, 0) is 38.8 Å². The number of fused-ring (bicyclic) bond motifs is 1. The van der Waals surface area contributed by atoms with E-state index in [1.54, 1.807) is 20.8 Å². The highest BCUT2D eigenvalue weighted by Crippen LogP contribution is 2.33. The average Bonchev–Trinajstić information content (AvgIpc) is 3.12. The highest BCUT2D eigenvalue weighted by molar-refractivity contribution is 5.75. The standard InChI is InChI=1S/C25H26F3N3O2/c1-25(2,3)24(32)33-15-31-22-14-30(13-16-7-5-4-6-8-16)10-9-17(22)23(29-31)18-11-20(27)21(28)12-19(18)26/h4-8,11-12H,9-10,13-15H2,1-3H3. The predicted octanol–water partition coefficient (Wildman–Crippen LogP) is 5.07. The van der Waals surface area contributed by atoms with Crippen LogP contribution in [0.2, 0.25) is 0 Å². The van der Waals surface area contributed by atoms with Crippen LogP contribution >= 0.6 is 0 Å². The Bertz CT molecular complexity index is 1170. The molecule has 1 aromatic heterocycles. The van der Waals surface area contributed by atoms with E-state index in [4.69, 9.17) is 4.74 Å². The van der Waals surface area contributed by atoms with E-state index in [0.29, 0.717) is 32.1 Å². The maximum Gasteiger partial charge on any atom is 0.313 e. The zero-order valence-electron chi connectivity index (χ0n) is 18.9. The second-order valence-corrected chi connectivity index (χ2v) is 9.28. The van der Waals surface area contributed by atoms with Crippen molar-refractivity contribution in [3.63, 3.8) is 0 Å². The van der Waals surface area contributed by atoms with Gasteiger partial charge in [0.1, 0.15) is 5.82 Å². The lowest BCUT2D eigenvalue weighted by molar-refractivity contribution is -0.157. The van der Waals surface area contributed by atoms with Gasteiger partial charge in [-0.3, -0.25) is 9.69 Å². The maximum atomic E-state index is 14.6. The van der Waals surface area contributed by atoms with Crippen molar-refractivity contribution < 1.29 is 22.7 Å². The normalized spacial score (nSPS) is 14.2. The van der Waals surface area contributed by atoms with Crippen LogP contribution in [0.25, 0.3) is 11.3 Å². The summed E-state index contributed by atoms with van der Waals surface area (Å²) in [5.41, 5.74) is 2.10. The molecule has 33 heavy (non-hydrogen) atoms. The number of hydrogen-bond donors (Lipinski definition) is 0. The molecule has 0 radical (unpaired) electrons. The summed E-state index contributed by atoms with van der Waals surface area (Å²) in [7, 11) is 0. The lowest BCUT2D eigenvalue weighted by Crippen LogP contribution is -2.32. The molecule has 2 aromatic carbocycles. The molecule has 0 saturated carbocycles. The van der Waals surface area contributed by atoms with Crippen LogP contribution in [0, 0.1) is 22.9 Å². The molecule has 1 aliphatic rings. The molecule has 4 rings (SSSR count). The number of aromatic nitrogens is 2. The number of rotatable bonds is 5. The topological polar surface area (TPSA) is 47.4 Å². The SMILES string of the molecule is CC(C)(C)C(=O)OCn1nc(-c2cc(F)c(F)cc2F)c2c1CN(Cc1ccccc1)CC2. The summed E-state index contributed by atoms with van der Waals surface area (Å²) in [5.74, 6) is -3.68. The van der Waals surface area contributed by atoms with Crippen LogP contribution in [0.1, 0.15) is 37.6 Å². The lowest BCUT2D eigenvalue weighted by atomic mass is 9.97. The van der Waals surface area contributed by atoms with Crippen LogP contribution in [-0.4, -0.2) is 27.2 Å². The van der Waals surface area contributed by atoms with Gasteiger partial charge in [0.25, 0.3) is 0 Å². The molecule has 1 aliphatic heterocycles. The van der Waals surface area contributed by atoms with Crippen molar-refractivity contribution in [2.24, 2.45) is 5.41 Å².